The van der Waals surface area contributed by atoms with E-state index < -0.39 is 0 Å². The molecule has 0 spiro atoms. The van der Waals surface area contributed by atoms with Crippen LogP contribution in [0.4, 0.5) is 5.13 Å². The van der Waals surface area contributed by atoms with Crippen LogP contribution in [0.25, 0.3) is 11.3 Å². The number of thioether (sulfide) groups is 1. The van der Waals surface area contributed by atoms with Crippen LogP contribution < -0.4 is 5.32 Å². The average Bonchev–Trinajstić information content (AvgIpc) is 3.38. The molecule has 2 heterocycles. The number of benzene rings is 2. The first-order valence-corrected chi connectivity index (χ1v) is 12.2. The fourth-order valence-corrected chi connectivity index (χ4v) is 5.07. The van der Waals surface area contributed by atoms with E-state index in [2.05, 4.69) is 41.5 Å². The van der Waals surface area contributed by atoms with E-state index in [1.165, 1.54) is 28.7 Å². The van der Waals surface area contributed by atoms with Gasteiger partial charge in [0.05, 0.1) is 18.0 Å². The molecular weight excluding hydrogens is 438 g/mol. The molecule has 0 unspecified atom stereocenters. The second-order valence-electron chi connectivity index (χ2n) is 7.69. The topological polar surface area (TPSA) is 72.7 Å². The normalized spacial score (nSPS) is 11.1. The molecule has 164 valence electrons. The molecule has 0 aliphatic carbocycles. The lowest BCUT2D eigenvalue weighted by atomic mass is 10.1. The summed E-state index contributed by atoms with van der Waals surface area (Å²) in [4.78, 5) is 18.5. The Labute approximate surface area is 196 Å². The lowest BCUT2D eigenvalue weighted by Crippen LogP contribution is -2.14. The van der Waals surface area contributed by atoms with Crippen LogP contribution in [0.5, 0.6) is 0 Å². The van der Waals surface area contributed by atoms with Gasteiger partial charge in [0, 0.05) is 10.4 Å². The molecule has 0 saturated carbocycles. The molecule has 1 amide bonds. The highest BCUT2D eigenvalue weighted by Gasteiger charge is 2.18. The third-order valence-corrected chi connectivity index (χ3v) is 7.13. The number of hydrogen-bond acceptors (Lipinski definition) is 6. The van der Waals surface area contributed by atoms with Crippen molar-refractivity contribution in [1.29, 1.82) is 0 Å². The largest absolute Gasteiger partial charge is 0.302 e. The fourth-order valence-electron chi connectivity index (χ4n) is 3.28. The zero-order valence-corrected chi connectivity index (χ0v) is 19.9. The maximum absolute atomic E-state index is 12.7. The van der Waals surface area contributed by atoms with E-state index in [1.807, 2.05) is 60.0 Å². The van der Waals surface area contributed by atoms with Crippen molar-refractivity contribution in [2.45, 2.75) is 38.4 Å². The Kier molecular flexibility index (Phi) is 7.02. The number of nitrogens with one attached hydrogen (secondary N) is 1. The number of carbonyl (C=O) groups is 1. The second-order valence-corrected chi connectivity index (χ2v) is 9.66. The van der Waals surface area contributed by atoms with Crippen molar-refractivity contribution in [3.63, 3.8) is 0 Å². The van der Waals surface area contributed by atoms with E-state index in [9.17, 15) is 4.79 Å². The van der Waals surface area contributed by atoms with Crippen LogP contribution >= 0.6 is 23.1 Å². The van der Waals surface area contributed by atoms with Gasteiger partial charge >= 0.3 is 0 Å². The summed E-state index contributed by atoms with van der Waals surface area (Å²) in [5.74, 6) is 1.28. The number of nitrogens with zero attached hydrogens (tertiary/aromatic N) is 4. The minimum absolute atomic E-state index is 0.106. The molecule has 32 heavy (non-hydrogen) atoms. The summed E-state index contributed by atoms with van der Waals surface area (Å²) in [6, 6.07) is 20.2. The van der Waals surface area contributed by atoms with Gasteiger partial charge in [0.2, 0.25) is 5.91 Å². The summed E-state index contributed by atoms with van der Waals surface area (Å²) in [5.41, 5.74) is 3.16. The summed E-state index contributed by atoms with van der Waals surface area (Å²) >= 11 is 2.92. The first-order valence-electron chi connectivity index (χ1n) is 10.4. The molecule has 2 aromatic carbocycles. The van der Waals surface area contributed by atoms with Gasteiger partial charge in [-0.1, -0.05) is 86.3 Å². The lowest BCUT2D eigenvalue weighted by molar-refractivity contribution is -0.113. The fraction of sp³-hybridized carbons (Fsp3) is 0.250. The van der Waals surface area contributed by atoms with Gasteiger partial charge in [-0.05, 0) is 18.4 Å². The van der Waals surface area contributed by atoms with Gasteiger partial charge in [-0.2, -0.15) is 0 Å². The standard InChI is InChI=1S/C24H25N5OS2/c1-16(2)22-21(19-12-8-5-9-13-19)26-23(32-22)25-20(30)15-31-24-28-27-17(3)29(24)14-18-10-6-4-7-11-18/h4-13,16H,14-15H2,1-3H3,(H,25,26,30). The molecule has 0 saturated heterocycles. The summed E-state index contributed by atoms with van der Waals surface area (Å²) in [5, 5.41) is 12.8. The Morgan fingerprint density at radius 3 is 2.44 bits per heavy atom. The smallest absolute Gasteiger partial charge is 0.236 e. The SMILES string of the molecule is Cc1nnc(SCC(=O)Nc2nc(-c3ccccc3)c(C(C)C)s2)n1Cc1ccccc1. The molecule has 0 atom stereocenters. The molecular formula is C24H25N5OS2. The number of amides is 1. The molecule has 2 aromatic heterocycles. The van der Waals surface area contributed by atoms with Crippen LogP contribution in [0.2, 0.25) is 0 Å². The van der Waals surface area contributed by atoms with Gasteiger partial charge in [-0.3, -0.25) is 4.79 Å². The molecule has 0 bridgehead atoms. The van der Waals surface area contributed by atoms with Crippen LogP contribution in [-0.2, 0) is 11.3 Å². The minimum atomic E-state index is -0.106. The predicted molar refractivity (Wildman–Crippen MR) is 131 cm³/mol. The Morgan fingerprint density at radius 2 is 1.75 bits per heavy atom. The van der Waals surface area contributed by atoms with Gasteiger partial charge in [-0.25, -0.2) is 4.98 Å². The molecule has 0 aliphatic rings. The number of carbonyl (C=O) groups excluding carboxylic acids is 1. The molecule has 0 radical (unpaired) electrons. The highest BCUT2D eigenvalue weighted by atomic mass is 32.2. The maximum Gasteiger partial charge on any atom is 0.236 e. The van der Waals surface area contributed by atoms with Crippen molar-refractivity contribution in [3.8, 4) is 11.3 Å². The Morgan fingerprint density at radius 1 is 1.06 bits per heavy atom. The quantitative estimate of drug-likeness (QED) is 0.344. The molecule has 6 nitrogen and oxygen atoms in total. The zero-order chi connectivity index (χ0) is 22.5. The van der Waals surface area contributed by atoms with Gasteiger partial charge in [0.15, 0.2) is 10.3 Å². The van der Waals surface area contributed by atoms with E-state index in [4.69, 9.17) is 4.98 Å². The Bertz CT molecular complexity index is 1190. The van der Waals surface area contributed by atoms with Crippen molar-refractivity contribution < 1.29 is 4.79 Å². The minimum Gasteiger partial charge on any atom is -0.302 e. The third kappa shape index (κ3) is 5.26. The second kappa shape index (κ2) is 10.1. The number of thiazole rings is 1. The molecule has 0 aliphatic heterocycles. The van der Waals surface area contributed by atoms with E-state index >= 15 is 0 Å². The summed E-state index contributed by atoms with van der Waals surface area (Å²) in [7, 11) is 0. The molecule has 0 fully saturated rings. The third-order valence-electron chi connectivity index (χ3n) is 4.89. The van der Waals surface area contributed by atoms with Crippen molar-refractivity contribution in [2.24, 2.45) is 0 Å². The maximum atomic E-state index is 12.7. The van der Waals surface area contributed by atoms with Crippen molar-refractivity contribution in [2.75, 3.05) is 11.1 Å². The Hall–Kier alpha value is -2.97. The number of anilines is 1. The highest BCUT2D eigenvalue weighted by molar-refractivity contribution is 7.99. The van der Waals surface area contributed by atoms with Gasteiger partial charge < -0.3 is 9.88 Å². The summed E-state index contributed by atoms with van der Waals surface area (Å²) in [6.45, 7) is 6.88. The van der Waals surface area contributed by atoms with Crippen molar-refractivity contribution in [3.05, 3.63) is 76.9 Å². The monoisotopic (exact) mass is 463 g/mol. The summed E-state index contributed by atoms with van der Waals surface area (Å²) < 4.78 is 2.03. The van der Waals surface area contributed by atoms with E-state index in [-0.39, 0.29) is 11.7 Å². The predicted octanol–water partition coefficient (Wildman–Crippen LogP) is 5.61. The number of aromatic nitrogens is 4. The van der Waals surface area contributed by atoms with Gasteiger partial charge in [0.25, 0.3) is 0 Å². The Balaban J connectivity index is 1.43. The van der Waals surface area contributed by atoms with Crippen LogP contribution in [0.3, 0.4) is 0 Å². The first kappa shape index (κ1) is 22.2. The lowest BCUT2D eigenvalue weighted by Gasteiger charge is -2.08. The number of aryl methyl sites for hydroxylation is 1. The number of rotatable bonds is 8. The zero-order valence-electron chi connectivity index (χ0n) is 18.3. The van der Waals surface area contributed by atoms with E-state index in [1.54, 1.807) is 0 Å². The molecule has 8 heteroatoms. The van der Waals surface area contributed by atoms with Crippen LogP contribution in [0, 0.1) is 6.92 Å². The van der Waals surface area contributed by atoms with Gasteiger partial charge in [0.1, 0.15) is 5.82 Å². The highest BCUT2D eigenvalue weighted by Crippen LogP contribution is 2.36. The van der Waals surface area contributed by atoms with Crippen molar-refractivity contribution >= 4 is 34.1 Å². The van der Waals surface area contributed by atoms with E-state index in [0.717, 1.165) is 27.1 Å². The first-order chi connectivity index (χ1) is 15.5. The average molecular weight is 464 g/mol. The molecule has 1 N–H and O–H groups in total. The molecule has 4 rings (SSSR count). The summed E-state index contributed by atoms with van der Waals surface area (Å²) in [6.07, 6.45) is 0. The molecule has 4 aromatic rings. The number of hydrogen-bond donors (Lipinski definition) is 1. The van der Waals surface area contributed by atoms with Crippen LogP contribution in [0.1, 0.15) is 36.0 Å². The van der Waals surface area contributed by atoms with Crippen LogP contribution in [-0.4, -0.2) is 31.4 Å². The van der Waals surface area contributed by atoms with Gasteiger partial charge in [-0.15, -0.1) is 21.5 Å². The van der Waals surface area contributed by atoms with Crippen molar-refractivity contribution in [1.82, 2.24) is 19.7 Å². The van der Waals surface area contributed by atoms with Crippen LogP contribution in [0.15, 0.2) is 65.8 Å². The van der Waals surface area contributed by atoms with E-state index in [0.29, 0.717) is 17.6 Å².